The average Bonchev–Trinajstić information content (AvgIpc) is 3.01. The average molecular weight is 369 g/mol. The standard InChI is InChI=1S/C23H32N2O2/c26-22-17-23(19-25(22)13-6-9-20-7-2-1-3-8-20)11-14-24(15-12-23)18-21-10-4-5-16-27-21/h1-3,6-9,21H,4-5,10-19H2/b9-6+. The van der Waals surface area contributed by atoms with Crippen molar-refractivity contribution in [3.63, 3.8) is 0 Å². The van der Waals surface area contributed by atoms with E-state index in [9.17, 15) is 4.79 Å². The summed E-state index contributed by atoms with van der Waals surface area (Å²) in [6.45, 7) is 5.89. The van der Waals surface area contributed by atoms with E-state index in [0.717, 1.165) is 58.6 Å². The van der Waals surface area contributed by atoms with Crippen molar-refractivity contribution in [1.82, 2.24) is 9.80 Å². The third-order valence-electron chi connectivity index (χ3n) is 6.49. The van der Waals surface area contributed by atoms with Gasteiger partial charge in [-0.1, -0.05) is 42.5 Å². The summed E-state index contributed by atoms with van der Waals surface area (Å²) in [5.41, 5.74) is 1.40. The highest BCUT2D eigenvalue weighted by Crippen LogP contribution is 2.41. The molecule has 4 rings (SSSR count). The molecular weight excluding hydrogens is 336 g/mol. The van der Waals surface area contributed by atoms with E-state index < -0.39 is 0 Å². The van der Waals surface area contributed by atoms with Gasteiger partial charge in [-0.3, -0.25) is 4.79 Å². The SMILES string of the molecule is O=C1CC2(CCN(CC3CCCCO3)CC2)CN1C/C=C/c1ccccc1. The lowest BCUT2D eigenvalue weighted by atomic mass is 9.77. The van der Waals surface area contributed by atoms with Crippen LogP contribution in [0.1, 0.15) is 44.1 Å². The number of piperidine rings is 1. The Bertz CT molecular complexity index is 644. The van der Waals surface area contributed by atoms with Crippen LogP contribution in [0.4, 0.5) is 0 Å². The molecule has 1 amide bonds. The van der Waals surface area contributed by atoms with Gasteiger partial charge in [-0.25, -0.2) is 0 Å². The maximum atomic E-state index is 12.5. The van der Waals surface area contributed by atoms with Gasteiger partial charge in [0.05, 0.1) is 6.10 Å². The molecule has 3 fully saturated rings. The molecule has 0 N–H and O–H groups in total. The summed E-state index contributed by atoms with van der Waals surface area (Å²) < 4.78 is 5.90. The summed E-state index contributed by atoms with van der Waals surface area (Å²) in [6.07, 6.45) is 11.4. The van der Waals surface area contributed by atoms with Crippen LogP contribution in [0, 0.1) is 5.41 Å². The zero-order chi connectivity index (χ0) is 18.5. The molecule has 1 atom stereocenters. The molecule has 0 saturated carbocycles. The molecule has 0 bridgehead atoms. The van der Waals surface area contributed by atoms with Gasteiger partial charge in [0.2, 0.25) is 5.91 Å². The van der Waals surface area contributed by atoms with Crippen molar-refractivity contribution in [3.8, 4) is 0 Å². The predicted octanol–water partition coefficient (Wildman–Crippen LogP) is 3.58. The monoisotopic (exact) mass is 368 g/mol. The van der Waals surface area contributed by atoms with Crippen molar-refractivity contribution in [3.05, 3.63) is 42.0 Å². The van der Waals surface area contributed by atoms with Crippen molar-refractivity contribution in [2.75, 3.05) is 39.3 Å². The summed E-state index contributed by atoms with van der Waals surface area (Å²) in [6, 6.07) is 10.3. The van der Waals surface area contributed by atoms with Gasteiger partial charge in [-0.05, 0) is 56.2 Å². The molecule has 1 aromatic carbocycles. The Balaban J connectivity index is 1.25. The molecule has 0 radical (unpaired) electrons. The fraction of sp³-hybridized carbons (Fsp3) is 0.609. The Morgan fingerprint density at radius 1 is 1.15 bits per heavy atom. The Morgan fingerprint density at radius 3 is 2.70 bits per heavy atom. The Hall–Kier alpha value is -1.65. The van der Waals surface area contributed by atoms with Gasteiger partial charge >= 0.3 is 0 Å². The quantitative estimate of drug-likeness (QED) is 0.796. The highest BCUT2D eigenvalue weighted by atomic mass is 16.5. The van der Waals surface area contributed by atoms with Gasteiger partial charge in [0.25, 0.3) is 0 Å². The van der Waals surface area contributed by atoms with E-state index >= 15 is 0 Å². The van der Waals surface area contributed by atoms with Gasteiger partial charge in [0, 0.05) is 32.7 Å². The lowest BCUT2D eigenvalue weighted by Gasteiger charge is -2.40. The molecule has 1 spiro atoms. The molecule has 0 aliphatic carbocycles. The largest absolute Gasteiger partial charge is 0.377 e. The van der Waals surface area contributed by atoms with Crippen molar-refractivity contribution in [2.45, 2.75) is 44.6 Å². The fourth-order valence-corrected chi connectivity index (χ4v) is 4.81. The van der Waals surface area contributed by atoms with Crippen molar-refractivity contribution < 1.29 is 9.53 Å². The van der Waals surface area contributed by atoms with Gasteiger partial charge < -0.3 is 14.5 Å². The number of hydrogen-bond donors (Lipinski definition) is 0. The van der Waals surface area contributed by atoms with Gasteiger partial charge in [-0.2, -0.15) is 0 Å². The molecule has 3 heterocycles. The van der Waals surface area contributed by atoms with E-state index in [2.05, 4.69) is 34.1 Å². The predicted molar refractivity (Wildman–Crippen MR) is 108 cm³/mol. The van der Waals surface area contributed by atoms with E-state index in [1.165, 1.54) is 24.8 Å². The number of carbonyl (C=O) groups excluding carboxylic acids is 1. The minimum absolute atomic E-state index is 0.210. The second-order valence-electron chi connectivity index (χ2n) is 8.55. The van der Waals surface area contributed by atoms with Gasteiger partial charge in [-0.15, -0.1) is 0 Å². The molecule has 146 valence electrons. The van der Waals surface area contributed by atoms with Crippen LogP contribution < -0.4 is 0 Å². The van der Waals surface area contributed by atoms with Crippen LogP contribution in [0.25, 0.3) is 6.08 Å². The van der Waals surface area contributed by atoms with E-state index in [0.29, 0.717) is 12.0 Å². The van der Waals surface area contributed by atoms with Gasteiger partial charge in [0.15, 0.2) is 0 Å². The molecule has 3 aliphatic rings. The fourth-order valence-electron chi connectivity index (χ4n) is 4.81. The normalized spacial score (nSPS) is 26.3. The van der Waals surface area contributed by atoms with Crippen LogP contribution in [0.3, 0.4) is 0 Å². The first-order chi connectivity index (χ1) is 13.2. The minimum atomic E-state index is 0.210. The number of nitrogens with zero attached hydrogens (tertiary/aromatic N) is 2. The van der Waals surface area contributed by atoms with Crippen LogP contribution >= 0.6 is 0 Å². The van der Waals surface area contributed by atoms with Crippen LogP contribution in [0.5, 0.6) is 0 Å². The maximum absolute atomic E-state index is 12.5. The number of likely N-dealkylation sites (tertiary alicyclic amines) is 2. The smallest absolute Gasteiger partial charge is 0.223 e. The summed E-state index contributed by atoms with van der Waals surface area (Å²) in [5.74, 6) is 0.330. The first-order valence-electron chi connectivity index (χ1n) is 10.6. The molecule has 4 heteroatoms. The molecule has 27 heavy (non-hydrogen) atoms. The second-order valence-corrected chi connectivity index (χ2v) is 8.55. The van der Waals surface area contributed by atoms with Crippen LogP contribution in [0.15, 0.2) is 36.4 Å². The lowest BCUT2D eigenvalue weighted by Crippen LogP contribution is -2.45. The number of hydrogen-bond acceptors (Lipinski definition) is 3. The Morgan fingerprint density at radius 2 is 1.96 bits per heavy atom. The number of benzene rings is 1. The number of ether oxygens (including phenoxy) is 1. The summed E-state index contributed by atoms with van der Waals surface area (Å²) in [5, 5.41) is 0. The number of rotatable bonds is 5. The highest BCUT2D eigenvalue weighted by molar-refractivity contribution is 5.79. The van der Waals surface area contributed by atoms with Gasteiger partial charge in [0.1, 0.15) is 0 Å². The highest BCUT2D eigenvalue weighted by Gasteiger charge is 2.44. The van der Waals surface area contributed by atoms with Crippen molar-refractivity contribution in [2.24, 2.45) is 5.41 Å². The molecule has 4 nitrogen and oxygen atoms in total. The minimum Gasteiger partial charge on any atom is -0.377 e. The molecule has 3 aliphatic heterocycles. The third kappa shape index (κ3) is 4.80. The molecule has 0 aromatic heterocycles. The topological polar surface area (TPSA) is 32.8 Å². The third-order valence-corrected chi connectivity index (χ3v) is 6.49. The molecule has 1 aromatic rings. The summed E-state index contributed by atoms with van der Waals surface area (Å²) in [4.78, 5) is 17.2. The summed E-state index contributed by atoms with van der Waals surface area (Å²) >= 11 is 0. The maximum Gasteiger partial charge on any atom is 0.223 e. The van der Waals surface area contributed by atoms with Crippen LogP contribution in [0.2, 0.25) is 0 Å². The summed E-state index contributed by atoms with van der Waals surface area (Å²) in [7, 11) is 0. The Labute approximate surface area is 163 Å². The molecular formula is C23H32N2O2. The number of amides is 1. The first-order valence-corrected chi connectivity index (χ1v) is 10.6. The van der Waals surface area contributed by atoms with Crippen LogP contribution in [-0.2, 0) is 9.53 Å². The van der Waals surface area contributed by atoms with E-state index in [1.54, 1.807) is 0 Å². The molecule has 3 saturated heterocycles. The first kappa shape index (κ1) is 18.7. The van der Waals surface area contributed by atoms with E-state index in [1.807, 2.05) is 18.2 Å². The zero-order valence-electron chi connectivity index (χ0n) is 16.3. The molecule has 1 unspecified atom stereocenters. The lowest BCUT2D eigenvalue weighted by molar-refractivity contribution is -0.127. The zero-order valence-corrected chi connectivity index (χ0v) is 16.3. The van der Waals surface area contributed by atoms with Crippen LogP contribution in [-0.4, -0.2) is 61.1 Å². The van der Waals surface area contributed by atoms with Crippen molar-refractivity contribution in [1.29, 1.82) is 0 Å². The van der Waals surface area contributed by atoms with E-state index in [4.69, 9.17) is 4.74 Å². The van der Waals surface area contributed by atoms with Crippen molar-refractivity contribution >= 4 is 12.0 Å². The Kier molecular flexibility index (Phi) is 5.94. The van der Waals surface area contributed by atoms with E-state index in [-0.39, 0.29) is 5.41 Å². The second kappa shape index (κ2) is 8.57. The number of carbonyl (C=O) groups is 1.